The van der Waals surface area contributed by atoms with Crippen LogP contribution in [0.1, 0.15) is 48.4 Å². The molecular formula is C28H28N6O2. The number of aryl methyl sites for hydroxylation is 1. The molecule has 0 aliphatic carbocycles. The minimum Gasteiger partial charge on any atom is -0.462 e. The Balaban J connectivity index is 1.48. The van der Waals surface area contributed by atoms with E-state index >= 15 is 0 Å². The lowest BCUT2D eigenvalue weighted by Crippen LogP contribution is -2.07. The maximum atomic E-state index is 12.4. The Morgan fingerprint density at radius 2 is 1.81 bits per heavy atom. The summed E-state index contributed by atoms with van der Waals surface area (Å²) in [4.78, 5) is 17.2. The van der Waals surface area contributed by atoms with E-state index in [1.165, 1.54) is 0 Å². The molecule has 8 nitrogen and oxygen atoms in total. The predicted octanol–water partition coefficient (Wildman–Crippen LogP) is 5.45. The number of H-pyrrole nitrogens is 1. The number of aromatic amines is 1. The van der Waals surface area contributed by atoms with Crippen LogP contribution >= 0.6 is 0 Å². The van der Waals surface area contributed by atoms with Gasteiger partial charge >= 0.3 is 5.97 Å². The second-order valence-electron chi connectivity index (χ2n) is 8.62. The second-order valence-corrected chi connectivity index (χ2v) is 8.62. The Hall–Kier alpha value is -4.33. The van der Waals surface area contributed by atoms with Crippen LogP contribution in [0, 0.1) is 0 Å². The molecule has 0 aliphatic rings. The lowest BCUT2D eigenvalue weighted by atomic mass is 9.98. The molecule has 0 amide bonds. The molecule has 5 rings (SSSR count). The number of ether oxygens (including phenoxy) is 1. The molecule has 5 aromatic rings. The van der Waals surface area contributed by atoms with Gasteiger partial charge in [0.15, 0.2) is 0 Å². The van der Waals surface area contributed by atoms with Crippen LogP contribution in [0.25, 0.3) is 33.5 Å². The number of imidazole rings is 1. The van der Waals surface area contributed by atoms with Crippen LogP contribution in [0.15, 0.2) is 66.7 Å². The summed E-state index contributed by atoms with van der Waals surface area (Å²) in [6.07, 6.45) is 3.03. The third-order valence-electron chi connectivity index (χ3n) is 6.21. The van der Waals surface area contributed by atoms with E-state index in [0.717, 1.165) is 58.4 Å². The van der Waals surface area contributed by atoms with Crippen LogP contribution < -0.4 is 0 Å². The van der Waals surface area contributed by atoms with E-state index in [2.05, 4.69) is 62.4 Å². The number of carbonyl (C=O) groups excluding carboxylic acids is 1. The van der Waals surface area contributed by atoms with Gasteiger partial charge in [-0.1, -0.05) is 61.9 Å². The highest BCUT2D eigenvalue weighted by molar-refractivity contribution is 5.93. The van der Waals surface area contributed by atoms with E-state index in [1.54, 1.807) is 6.07 Å². The number of hydrogen-bond acceptors (Lipinski definition) is 6. The van der Waals surface area contributed by atoms with Gasteiger partial charge in [0.1, 0.15) is 5.82 Å². The van der Waals surface area contributed by atoms with Gasteiger partial charge in [0.05, 0.1) is 23.2 Å². The molecule has 0 unspecified atom stereocenters. The number of carbonyl (C=O) groups is 1. The van der Waals surface area contributed by atoms with Gasteiger partial charge in [0.25, 0.3) is 0 Å². The zero-order chi connectivity index (χ0) is 24.9. The number of tetrazole rings is 1. The van der Waals surface area contributed by atoms with Crippen LogP contribution in [-0.4, -0.2) is 42.8 Å². The lowest BCUT2D eigenvalue weighted by Gasteiger charge is -2.12. The van der Waals surface area contributed by atoms with Gasteiger partial charge in [-0.2, -0.15) is 5.21 Å². The summed E-state index contributed by atoms with van der Waals surface area (Å²) < 4.78 is 7.43. The molecule has 1 N–H and O–H groups in total. The van der Waals surface area contributed by atoms with Crippen LogP contribution in [0.2, 0.25) is 0 Å². The van der Waals surface area contributed by atoms with E-state index < -0.39 is 0 Å². The van der Waals surface area contributed by atoms with Gasteiger partial charge in [0.2, 0.25) is 5.82 Å². The van der Waals surface area contributed by atoms with E-state index in [9.17, 15) is 4.79 Å². The topological polar surface area (TPSA) is 98.6 Å². The average Bonchev–Trinajstić information content (AvgIpc) is 3.56. The molecule has 182 valence electrons. The van der Waals surface area contributed by atoms with Crippen molar-refractivity contribution in [3.8, 4) is 22.5 Å². The Morgan fingerprint density at radius 1 is 1.00 bits per heavy atom. The fraction of sp³-hybridized carbons (Fsp3) is 0.250. The minimum absolute atomic E-state index is 0.313. The summed E-state index contributed by atoms with van der Waals surface area (Å²) in [6, 6.07) is 22.1. The molecule has 0 saturated carbocycles. The quantitative estimate of drug-likeness (QED) is 0.282. The van der Waals surface area contributed by atoms with Gasteiger partial charge in [0, 0.05) is 18.5 Å². The first kappa shape index (κ1) is 23.4. The van der Waals surface area contributed by atoms with Gasteiger partial charge in [-0.15, -0.1) is 10.2 Å². The van der Waals surface area contributed by atoms with E-state index in [-0.39, 0.29) is 5.97 Å². The SMILES string of the molecule is CCCCc1nc2ccc(C(=O)OCC)cc2n1Cc1ccc(-c2ccccc2-c2nn[nH]n2)cc1. The van der Waals surface area contributed by atoms with E-state index in [1.807, 2.05) is 37.3 Å². The summed E-state index contributed by atoms with van der Waals surface area (Å²) in [7, 11) is 0. The van der Waals surface area contributed by atoms with Crippen molar-refractivity contribution in [2.45, 2.75) is 39.7 Å². The van der Waals surface area contributed by atoms with Crippen molar-refractivity contribution in [1.82, 2.24) is 30.2 Å². The zero-order valence-electron chi connectivity index (χ0n) is 20.4. The molecule has 8 heteroatoms. The fourth-order valence-corrected chi connectivity index (χ4v) is 4.39. The minimum atomic E-state index is -0.313. The van der Waals surface area contributed by atoms with Crippen molar-refractivity contribution < 1.29 is 9.53 Å². The summed E-state index contributed by atoms with van der Waals surface area (Å²) in [6.45, 7) is 5.00. The molecule has 36 heavy (non-hydrogen) atoms. The monoisotopic (exact) mass is 480 g/mol. The number of aromatic nitrogens is 6. The number of hydrogen-bond donors (Lipinski definition) is 1. The van der Waals surface area contributed by atoms with Crippen molar-refractivity contribution in [2.24, 2.45) is 0 Å². The van der Waals surface area contributed by atoms with Gasteiger partial charge in [-0.05, 0) is 53.4 Å². The highest BCUT2D eigenvalue weighted by Gasteiger charge is 2.15. The van der Waals surface area contributed by atoms with Crippen LogP contribution in [0.4, 0.5) is 0 Å². The van der Waals surface area contributed by atoms with E-state index in [0.29, 0.717) is 24.5 Å². The average molecular weight is 481 g/mol. The maximum absolute atomic E-state index is 12.4. The van der Waals surface area contributed by atoms with Crippen molar-refractivity contribution >= 4 is 17.0 Å². The predicted molar refractivity (Wildman–Crippen MR) is 138 cm³/mol. The molecule has 3 aromatic carbocycles. The first-order valence-corrected chi connectivity index (χ1v) is 12.3. The number of esters is 1. The molecule has 0 fully saturated rings. The molecule has 2 heterocycles. The third-order valence-corrected chi connectivity index (χ3v) is 6.21. The van der Waals surface area contributed by atoms with Gasteiger partial charge < -0.3 is 9.30 Å². The van der Waals surface area contributed by atoms with Crippen molar-refractivity contribution in [3.63, 3.8) is 0 Å². The number of nitrogens with one attached hydrogen (secondary N) is 1. The van der Waals surface area contributed by atoms with Crippen molar-refractivity contribution in [3.05, 3.63) is 83.7 Å². The van der Waals surface area contributed by atoms with Crippen molar-refractivity contribution in [1.29, 1.82) is 0 Å². The first-order chi connectivity index (χ1) is 17.7. The maximum Gasteiger partial charge on any atom is 0.338 e. The van der Waals surface area contributed by atoms with Crippen LogP contribution in [0.5, 0.6) is 0 Å². The normalized spacial score (nSPS) is 11.2. The highest BCUT2D eigenvalue weighted by Crippen LogP contribution is 2.30. The number of nitrogens with zero attached hydrogens (tertiary/aromatic N) is 5. The number of benzene rings is 3. The molecule has 0 spiro atoms. The Morgan fingerprint density at radius 3 is 2.53 bits per heavy atom. The summed E-state index contributed by atoms with van der Waals surface area (Å²) in [5, 5.41) is 14.5. The summed E-state index contributed by atoms with van der Waals surface area (Å²) in [5.74, 6) is 1.28. The number of rotatable bonds is 9. The standard InChI is InChI=1S/C28H28N6O2/c1-3-5-10-26-29-24-16-15-21(28(35)36-4-2)17-25(24)34(26)18-19-11-13-20(14-12-19)22-8-6-7-9-23(22)27-30-32-33-31-27/h6-9,11-17H,3-5,10,18H2,1-2H3,(H,30,31,32,33). The van der Waals surface area contributed by atoms with Gasteiger partial charge in [-0.25, -0.2) is 9.78 Å². The molecular weight excluding hydrogens is 452 g/mol. The lowest BCUT2D eigenvalue weighted by molar-refractivity contribution is 0.0526. The largest absolute Gasteiger partial charge is 0.462 e. The van der Waals surface area contributed by atoms with E-state index in [4.69, 9.17) is 9.72 Å². The van der Waals surface area contributed by atoms with Crippen LogP contribution in [-0.2, 0) is 17.7 Å². The molecule has 0 radical (unpaired) electrons. The second kappa shape index (κ2) is 10.5. The Bertz CT molecular complexity index is 1470. The molecule has 0 atom stereocenters. The number of unbranched alkanes of at least 4 members (excludes halogenated alkanes) is 1. The summed E-state index contributed by atoms with van der Waals surface area (Å²) in [5.41, 5.74) is 6.56. The fourth-order valence-electron chi connectivity index (χ4n) is 4.39. The molecule has 0 bridgehead atoms. The molecule has 0 saturated heterocycles. The molecule has 0 aliphatic heterocycles. The highest BCUT2D eigenvalue weighted by atomic mass is 16.5. The number of fused-ring (bicyclic) bond motifs is 1. The summed E-state index contributed by atoms with van der Waals surface area (Å²) >= 11 is 0. The van der Waals surface area contributed by atoms with Crippen LogP contribution in [0.3, 0.4) is 0 Å². The first-order valence-electron chi connectivity index (χ1n) is 12.3. The zero-order valence-corrected chi connectivity index (χ0v) is 20.4. The third kappa shape index (κ3) is 4.75. The Labute approximate surface area is 209 Å². The molecule has 2 aromatic heterocycles. The Kier molecular flexibility index (Phi) is 6.84. The smallest absolute Gasteiger partial charge is 0.338 e. The van der Waals surface area contributed by atoms with Crippen molar-refractivity contribution in [2.75, 3.05) is 6.61 Å². The van der Waals surface area contributed by atoms with Gasteiger partial charge in [-0.3, -0.25) is 0 Å².